The van der Waals surface area contributed by atoms with Crippen LogP contribution in [0.1, 0.15) is 5.82 Å². The summed E-state index contributed by atoms with van der Waals surface area (Å²) in [6, 6.07) is 8.24. The van der Waals surface area contributed by atoms with Crippen LogP contribution in [-0.2, 0) is 18.4 Å². The Hall–Kier alpha value is -1.68. The lowest BCUT2D eigenvalue weighted by Gasteiger charge is -2.17. The molecular weight excluding hydrogens is 238 g/mol. The molecule has 1 aromatic heterocycles. The van der Waals surface area contributed by atoms with Crippen molar-refractivity contribution in [2.75, 3.05) is 13.1 Å². The van der Waals surface area contributed by atoms with Gasteiger partial charge in [-0.2, -0.15) is 0 Å². The van der Waals surface area contributed by atoms with Crippen LogP contribution in [0.15, 0.2) is 24.3 Å². The molecule has 2 aromatic rings. The van der Waals surface area contributed by atoms with Crippen molar-refractivity contribution in [1.29, 1.82) is 0 Å². The molecule has 2 aliphatic rings. The lowest BCUT2D eigenvalue weighted by molar-refractivity contribution is -0.109. The number of aromatic nitrogens is 2. The molecule has 2 atom stereocenters. The Balaban J connectivity index is 1.54. The third-order valence-electron chi connectivity index (χ3n) is 4.74. The smallest absolute Gasteiger partial charge is 0.123 e. The van der Waals surface area contributed by atoms with Crippen molar-refractivity contribution < 1.29 is 4.79 Å². The Bertz CT molecular complexity index is 636. The van der Waals surface area contributed by atoms with E-state index in [1.807, 2.05) is 12.1 Å². The van der Waals surface area contributed by atoms with E-state index >= 15 is 0 Å². The van der Waals surface area contributed by atoms with E-state index in [1.54, 1.807) is 0 Å². The zero-order valence-electron chi connectivity index (χ0n) is 11.0. The molecule has 0 amide bonds. The molecule has 1 aliphatic heterocycles. The van der Waals surface area contributed by atoms with Gasteiger partial charge in [-0.3, -0.25) is 4.90 Å². The predicted molar refractivity (Wildman–Crippen MR) is 72.5 cm³/mol. The maximum Gasteiger partial charge on any atom is 0.123 e. The second-order valence-electron chi connectivity index (χ2n) is 5.81. The number of likely N-dealkylation sites (tertiary alicyclic amines) is 1. The first-order valence-electron chi connectivity index (χ1n) is 6.86. The van der Waals surface area contributed by atoms with Gasteiger partial charge in [0, 0.05) is 26.1 Å². The molecule has 1 aliphatic carbocycles. The normalized spacial score (nSPS) is 29.6. The summed E-state index contributed by atoms with van der Waals surface area (Å²) in [6.45, 7) is 3.00. The highest BCUT2D eigenvalue weighted by Gasteiger charge is 2.55. The molecule has 1 saturated heterocycles. The number of carbonyl (C=O) groups excluding carboxylic acids is 1. The molecule has 98 valence electrons. The lowest BCUT2D eigenvalue weighted by Crippen LogP contribution is -2.25. The van der Waals surface area contributed by atoms with Crippen LogP contribution >= 0.6 is 0 Å². The fourth-order valence-electron chi connectivity index (χ4n) is 3.53. The Kier molecular flexibility index (Phi) is 2.30. The average molecular weight is 255 g/mol. The molecule has 2 unspecified atom stereocenters. The van der Waals surface area contributed by atoms with Crippen LogP contribution in [0.4, 0.5) is 0 Å². The van der Waals surface area contributed by atoms with Crippen LogP contribution in [0.2, 0.25) is 0 Å². The Labute approximate surface area is 112 Å². The molecule has 0 N–H and O–H groups in total. The number of para-hydroxylation sites is 2. The SMILES string of the molecule is Cn1c(CN2CC3C(C=O)C3C2)nc2ccccc21. The summed E-state index contributed by atoms with van der Waals surface area (Å²) in [5, 5.41) is 0. The van der Waals surface area contributed by atoms with Gasteiger partial charge in [-0.1, -0.05) is 12.1 Å². The number of hydrogen-bond acceptors (Lipinski definition) is 3. The fraction of sp³-hybridized carbons (Fsp3) is 0.467. The number of nitrogens with zero attached hydrogens (tertiary/aromatic N) is 3. The topological polar surface area (TPSA) is 38.1 Å². The van der Waals surface area contributed by atoms with Crippen LogP contribution in [0.3, 0.4) is 0 Å². The summed E-state index contributed by atoms with van der Waals surface area (Å²) in [7, 11) is 2.08. The number of hydrogen-bond donors (Lipinski definition) is 0. The van der Waals surface area contributed by atoms with E-state index in [0.717, 1.165) is 37.3 Å². The van der Waals surface area contributed by atoms with Crippen LogP contribution in [-0.4, -0.2) is 33.8 Å². The van der Waals surface area contributed by atoms with Crippen molar-refractivity contribution >= 4 is 17.3 Å². The van der Waals surface area contributed by atoms with E-state index in [2.05, 4.69) is 28.6 Å². The molecule has 2 heterocycles. The van der Waals surface area contributed by atoms with E-state index < -0.39 is 0 Å². The molecule has 0 radical (unpaired) electrons. The number of aldehydes is 1. The zero-order chi connectivity index (χ0) is 13.0. The van der Waals surface area contributed by atoms with Gasteiger partial charge in [-0.15, -0.1) is 0 Å². The second-order valence-corrected chi connectivity index (χ2v) is 5.81. The third kappa shape index (κ3) is 1.63. The minimum atomic E-state index is 0.344. The molecule has 1 saturated carbocycles. The highest BCUT2D eigenvalue weighted by molar-refractivity contribution is 5.75. The minimum absolute atomic E-state index is 0.344. The van der Waals surface area contributed by atoms with Gasteiger partial charge in [0.05, 0.1) is 17.6 Å². The molecule has 4 heteroatoms. The number of aryl methyl sites for hydroxylation is 1. The fourth-order valence-corrected chi connectivity index (χ4v) is 3.53. The highest BCUT2D eigenvalue weighted by Crippen LogP contribution is 2.50. The van der Waals surface area contributed by atoms with Gasteiger partial charge in [0.1, 0.15) is 12.1 Å². The summed E-state index contributed by atoms with van der Waals surface area (Å²) < 4.78 is 2.18. The summed E-state index contributed by atoms with van der Waals surface area (Å²) in [5.41, 5.74) is 2.25. The van der Waals surface area contributed by atoms with Gasteiger partial charge in [0.2, 0.25) is 0 Å². The maximum absolute atomic E-state index is 10.8. The van der Waals surface area contributed by atoms with Crippen LogP contribution < -0.4 is 0 Å². The minimum Gasteiger partial charge on any atom is -0.330 e. The number of imidazole rings is 1. The van der Waals surface area contributed by atoms with Crippen molar-refractivity contribution in [3.8, 4) is 0 Å². The number of piperidine rings is 1. The molecule has 0 spiro atoms. The van der Waals surface area contributed by atoms with Crippen LogP contribution in [0, 0.1) is 17.8 Å². The van der Waals surface area contributed by atoms with E-state index in [-0.39, 0.29) is 0 Å². The molecule has 1 aromatic carbocycles. The van der Waals surface area contributed by atoms with Crippen LogP contribution in [0.5, 0.6) is 0 Å². The number of benzene rings is 1. The van der Waals surface area contributed by atoms with Crippen molar-refractivity contribution in [3.63, 3.8) is 0 Å². The molecule has 0 bridgehead atoms. The molecule has 2 fully saturated rings. The summed E-state index contributed by atoms with van der Waals surface area (Å²) in [6.07, 6.45) is 1.14. The lowest BCUT2D eigenvalue weighted by atomic mass is 10.3. The number of carbonyl (C=O) groups is 1. The summed E-state index contributed by atoms with van der Waals surface area (Å²) >= 11 is 0. The summed E-state index contributed by atoms with van der Waals surface area (Å²) in [4.78, 5) is 17.9. The standard InChI is InChI=1S/C15H17N3O/c1-17-14-5-3-2-4-13(14)16-15(17)8-18-6-10-11(7-18)12(10)9-19/h2-5,9-12H,6-8H2,1H3. The first kappa shape index (κ1) is 11.2. The largest absolute Gasteiger partial charge is 0.330 e. The van der Waals surface area contributed by atoms with E-state index in [9.17, 15) is 4.79 Å². The van der Waals surface area contributed by atoms with Crippen molar-refractivity contribution in [2.24, 2.45) is 24.8 Å². The number of rotatable bonds is 3. The second kappa shape index (κ2) is 3.90. The molecule has 19 heavy (non-hydrogen) atoms. The Morgan fingerprint density at radius 1 is 1.32 bits per heavy atom. The van der Waals surface area contributed by atoms with Gasteiger partial charge in [0.25, 0.3) is 0 Å². The quantitative estimate of drug-likeness (QED) is 0.779. The van der Waals surface area contributed by atoms with E-state index in [1.165, 1.54) is 5.52 Å². The van der Waals surface area contributed by atoms with Gasteiger partial charge in [-0.25, -0.2) is 4.98 Å². The zero-order valence-corrected chi connectivity index (χ0v) is 11.0. The highest BCUT2D eigenvalue weighted by atomic mass is 16.1. The van der Waals surface area contributed by atoms with Gasteiger partial charge in [0.15, 0.2) is 0 Å². The maximum atomic E-state index is 10.8. The van der Waals surface area contributed by atoms with Crippen molar-refractivity contribution in [2.45, 2.75) is 6.54 Å². The van der Waals surface area contributed by atoms with Gasteiger partial charge < -0.3 is 9.36 Å². The first-order valence-corrected chi connectivity index (χ1v) is 6.86. The third-order valence-corrected chi connectivity index (χ3v) is 4.74. The van der Waals surface area contributed by atoms with Crippen molar-refractivity contribution in [3.05, 3.63) is 30.1 Å². The Morgan fingerprint density at radius 3 is 2.74 bits per heavy atom. The monoisotopic (exact) mass is 255 g/mol. The first-order chi connectivity index (χ1) is 9.28. The molecule has 4 nitrogen and oxygen atoms in total. The van der Waals surface area contributed by atoms with Gasteiger partial charge in [-0.05, 0) is 24.0 Å². The molecule has 4 rings (SSSR count). The van der Waals surface area contributed by atoms with Gasteiger partial charge >= 0.3 is 0 Å². The number of fused-ring (bicyclic) bond motifs is 2. The summed E-state index contributed by atoms with van der Waals surface area (Å²) in [5.74, 6) is 2.70. The van der Waals surface area contributed by atoms with E-state index in [0.29, 0.717) is 17.8 Å². The van der Waals surface area contributed by atoms with Crippen molar-refractivity contribution in [1.82, 2.24) is 14.5 Å². The van der Waals surface area contributed by atoms with E-state index in [4.69, 9.17) is 4.98 Å². The Morgan fingerprint density at radius 2 is 2.05 bits per heavy atom. The predicted octanol–water partition coefficient (Wildman–Crippen LogP) is 1.45. The average Bonchev–Trinajstić information content (AvgIpc) is 2.77. The van der Waals surface area contributed by atoms with Crippen LogP contribution in [0.25, 0.3) is 11.0 Å². The molecular formula is C15H17N3O.